The molecule has 20 heavy (non-hydrogen) atoms. The summed E-state index contributed by atoms with van der Waals surface area (Å²) in [7, 11) is -2.94. The number of nitrogens with zero attached hydrogens (tertiary/aromatic N) is 1. The number of pyridine rings is 1. The van der Waals surface area contributed by atoms with E-state index in [1.807, 2.05) is 13.8 Å². The number of ether oxygens (including phenoxy) is 1. The number of nitrogens with two attached hydrogens (primary N) is 1. The van der Waals surface area contributed by atoms with Gasteiger partial charge in [0.25, 0.3) is 0 Å². The molecule has 2 heterocycles. The van der Waals surface area contributed by atoms with Gasteiger partial charge < -0.3 is 15.8 Å². The summed E-state index contributed by atoms with van der Waals surface area (Å²) in [4.78, 5) is 4.30. The van der Waals surface area contributed by atoms with Crippen LogP contribution in [0.25, 0.3) is 0 Å². The Labute approximate surface area is 119 Å². The van der Waals surface area contributed by atoms with E-state index in [0.717, 1.165) is 6.42 Å². The van der Waals surface area contributed by atoms with Crippen molar-refractivity contribution in [3.63, 3.8) is 0 Å². The molecule has 1 aliphatic heterocycles. The maximum atomic E-state index is 11.6. The van der Waals surface area contributed by atoms with Crippen LogP contribution in [0.15, 0.2) is 12.1 Å². The summed E-state index contributed by atoms with van der Waals surface area (Å²) in [5.74, 6) is 1.40. The van der Waals surface area contributed by atoms with Crippen molar-refractivity contribution in [3.8, 4) is 5.88 Å². The third-order valence-electron chi connectivity index (χ3n) is 3.05. The molecule has 1 aromatic heterocycles. The molecule has 1 atom stereocenters. The van der Waals surface area contributed by atoms with Crippen LogP contribution in [0.1, 0.15) is 26.7 Å². The largest absolute Gasteiger partial charge is 0.473 e. The summed E-state index contributed by atoms with van der Waals surface area (Å²) in [5, 5.41) is 3.15. The van der Waals surface area contributed by atoms with Gasteiger partial charge in [0.15, 0.2) is 9.84 Å². The fraction of sp³-hybridized carbons (Fsp3) is 0.615. The fourth-order valence-corrected chi connectivity index (χ4v) is 3.83. The molecule has 0 aromatic carbocycles. The third-order valence-corrected chi connectivity index (χ3v) is 4.87. The standard InChI is InChI=1S/C13H21N3O3S/c1-9(2)19-13-11(14)5-6-12(16-13)15-10-4-3-7-20(17,18)8-10/h5-6,9-10H,3-4,7-8,14H2,1-2H3,(H,15,16). The Balaban J connectivity index is 2.09. The smallest absolute Gasteiger partial charge is 0.239 e. The highest BCUT2D eigenvalue weighted by atomic mass is 32.2. The monoisotopic (exact) mass is 299 g/mol. The minimum absolute atomic E-state index is 0.0184. The molecule has 0 amide bonds. The van der Waals surface area contributed by atoms with Gasteiger partial charge in [-0.15, -0.1) is 0 Å². The highest BCUT2D eigenvalue weighted by Crippen LogP contribution is 2.23. The van der Waals surface area contributed by atoms with Crippen LogP contribution >= 0.6 is 0 Å². The summed E-state index contributed by atoms with van der Waals surface area (Å²) in [6.07, 6.45) is 1.49. The van der Waals surface area contributed by atoms with Crippen LogP contribution in [0.5, 0.6) is 5.88 Å². The lowest BCUT2D eigenvalue weighted by atomic mass is 10.2. The molecule has 0 radical (unpaired) electrons. The molecule has 1 aromatic rings. The molecule has 1 aliphatic rings. The Kier molecular flexibility index (Phi) is 4.37. The SMILES string of the molecule is CC(C)Oc1nc(NC2CCCS(=O)(=O)C2)ccc1N. The zero-order valence-corrected chi connectivity index (χ0v) is 12.6. The van der Waals surface area contributed by atoms with Gasteiger partial charge in [0.1, 0.15) is 5.82 Å². The van der Waals surface area contributed by atoms with E-state index >= 15 is 0 Å². The molecule has 0 spiro atoms. The van der Waals surface area contributed by atoms with Crippen molar-refractivity contribution in [2.24, 2.45) is 0 Å². The summed E-state index contributed by atoms with van der Waals surface area (Å²) < 4.78 is 28.7. The van der Waals surface area contributed by atoms with Gasteiger partial charge in [-0.1, -0.05) is 0 Å². The Bertz CT molecular complexity index is 572. The number of hydrogen-bond donors (Lipinski definition) is 2. The summed E-state index contributed by atoms with van der Waals surface area (Å²) in [6, 6.07) is 3.35. The van der Waals surface area contributed by atoms with E-state index in [1.54, 1.807) is 12.1 Å². The van der Waals surface area contributed by atoms with Gasteiger partial charge in [0.2, 0.25) is 5.88 Å². The van der Waals surface area contributed by atoms with E-state index in [0.29, 0.717) is 23.8 Å². The van der Waals surface area contributed by atoms with Crippen LogP contribution in [0.2, 0.25) is 0 Å². The van der Waals surface area contributed by atoms with Crippen molar-refractivity contribution in [3.05, 3.63) is 12.1 Å². The number of nitrogen functional groups attached to an aromatic ring is 1. The van der Waals surface area contributed by atoms with Crippen molar-refractivity contribution in [2.75, 3.05) is 22.6 Å². The number of sulfone groups is 1. The average Bonchev–Trinajstić information content (AvgIpc) is 2.31. The van der Waals surface area contributed by atoms with E-state index < -0.39 is 9.84 Å². The maximum Gasteiger partial charge on any atom is 0.239 e. The lowest BCUT2D eigenvalue weighted by molar-refractivity contribution is 0.234. The molecule has 3 N–H and O–H groups in total. The van der Waals surface area contributed by atoms with Crippen LogP contribution < -0.4 is 15.8 Å². The number of aromatic nitrogens is 1. The first-order valence-corrected chi connectivity index (χ1v) is 8.58. The fourth-order valence-electron chi connectivity index (χ4n) is 2.20. The molecular weight excluding hydrogens is 278 g/mol. The Hall–Kier alpha value is -1.50. The minimum atomic E-state index is -2.94. The van der Waals surface area contributed by atoms with Crippen LogP contribution in [-0.4, -0.2) is 37.1 Å². The van der Waals surface area contributed by atoms with E-state index in [4.69, 9.17) is 10.5 Å². The highest BCUT2D eigenvalue weighted by molar-refractivity contribution is 7.91. The Morgan fingerprint density at radius 2 is 2.20 bits per heavy atom. The van der Waals surface area contributed by atoms with Crippen LogP contribution in [0, 0.1) is 0 Å². The quantitative estimate of drug-likeness (QED) is 0.873. The Morgan fingerprint density at radius 3 is 2.85 bits per heavy atom. The van der Waals surface area contributed by atoms with Gasteiger partial charge in [-0.2, -0.15) is 4.98 Å². The normalized spacial score (nSPS) is 21.6. The zero-order chi connectivity index (χ0) is 14.8. The average molecular weight is 299 g/mol. The Morgan fingerprint density at radius 1 is 1.45 bits per heavy atom. The van der Waals surface area contributed by atoms with Gasteiger partial charge in [-0.3, -0.25) is 0 Å². The second-order valence-electron chi connectivity index (χ2n) is 5.36. The molecule has 0 bridgehead atoms. The molecule has 0 saturated carbocycles. The second kappa shape index (κ2) is 5.87. The van der Waals surface area contributed by atoms with Crippen molar-refractivity contribution in [1.82, 2.24) is 4.98 Å². The molecule has 1 unspecified atom stereocenters. The van der Waals surface area contributed by atoms with Gasteiger partial charge in [0.05, 0.1) is 23.3 Å². The van der Waals surface area contributed by atoms with Crippen LogP contribution in [0.4, 0.5) is 11.5 Å². The summed E-state index contributed by atoms with van der Waals surface area (Å²) in [6.45, 7) is 3.80. The number of rotatable bonds is 4. The molecule has 1 saturated heterocycles. The van der Waals surface area contributed by atoms with Crippen LogP contribution in [-0.2, 0) is 9.84 Å². The molecule has 1 fully saturated rings. The van der Waals surface area contributed by atoms with E-state index in [1.165, 1.54) is 0 Å². The molecular formula is C13H21N3O3S. The summed E-state index contributed by atoms with van der Waals surface area (Å²) >= 11 is 0. The molecule has 112 valence electrons. The van der Waals surface area contributed by atoms with Crippen molar-refractivity contribution < 1.29 is 13.2 Å². The summed E-state index contributed by atoms with van der Waals surface area (Å²) in [5.41, 5.74) is 6.28. The van der Waals surface area contributed by atoms with E-state index in [-0.39, 0.29) is 23.7 Å². The molecule has 0 aliphatic carbocycles. The molecule has 7 heteroatoms. The van der Waals surface area contributed by atoms with Crippen molar-refractivity contribution in [2.45, 2.75) is 38.8 Å². The first kappa shape index (κ1) is 14.9. The van der Waals surface area contributed by atoms with Gasteiger partial charge in [-0.05, 0) is 38.8 Å². The second-order valence-corrected chi connectivity index (χ2v) is 7.58. The van der Waals surface area contributed by atoms with Gasteiger partial charge >= 0.3 is 0 Å². The zero-order valence-electron chi connectivity index (χ0n) is 11.8. The van der Waals surface area contributed by atoms with E-state index in [2.05, 4.69) is 10.3 Å². The highest BCUT2D eigenvalue weighted by Gasteiger charge is 2.25. The minimum Gasteiger partial charge on any atom is -0.473 e. The predicted molar refractivity (Wildman–Crippen MR) is 79.7 cm³/mol. The first-order chi connectivity index (χ1) is 9.35. The lowest BCUT2D eigenvalue weighted by Crippen LogP contribution is -2.35. The lowest BCUT2D eigenvalue weighted by Gasteiger charge is -2.23. The van der Waals surface area contributed by atoms with Gasteiger partial charge in [-0.25, -0.2) is 8.42 Å². The maximum absolute atomic E-state index is 11.6. The number of hydrogen-bond acceptors (Lipinski definition) is 6. The third kappa shape index (κ3) is 4.00. The number of anilines is 2. The molecule has 2 rings (SSSR count). The van der Waals surface area contributed by atoms with Crippen molar-refractivity contribution in [1.29, 1.82) is 0 Å². The number of nitrogens with one attached hydrogen (secondary N) is 1. The van der Waals surface area contributed by atoms with E-state index in [9.17, 15) is 8.42 Å². The first-order valence-electron chi connectivity index (χ1n) is 6.76. The topological polar surface area (TPSA) is 94.3 Å². The van der Waals surface area contributed by atoms with Gasteiger partial charge in [0, 0.05) is 6.04 Å². The van der Waals surface area contributed by atoms with Crippen molar-refractivity contribution >= 4 is 21.3 Å². The predicted octanol–water partition coefficient (Wildman–Crippen LogP) is 1.44. The molecule has 6 nitrogen and oxygen atoms in total. The van der Waals surface area contributed by atoms with Crippen LogP contribution in [0.3, 0.4) is 0 Å².